The standard InChI is InChI=1S/C27H45N8O14P3S/c1-15(4-2-9-29-20(36)7-6-19-22-17(13-53-19)33-27(39)34-22)5-3-10-32-50(40,41)48-52(44,45)49-51(42,43)46-12-18-23(37)24(38)26(47-18)35-14-31-21-16(28)8-11-30-25(21)35/h8,11,14-15,17-19,22-24,26,37-38H,2-7,9-10,12-13H2,1H3,(H2,28,30)(H,29,36)(H,42,43)(H,44,45)(H2,32,40,41)(H2,33,34,39)/p-3/t15?,17-,18+,19-,22-,23-,24?,26+/m0/s1. The average Bonchev–Trinajstić information content (AvgIpc) is 3.82. The molecule has 5 heterocycles. The number of hydrogen-bond acceptors (Lipinski definition) is 18. The van der Waals surface area contributed by atoms with Crippen molar-refractivity contribution in [3.63, 3.8) is 0 Å². The molecule has 0 saturated carbocycles. The van der Waals surface area contributed by atoms with E-state index < -0.39 is 54.5 Å². The number of aromatic nitrogens is 3. The monoisotopic (exact) mass is 827 g/mol. The van der Waals surface area contributed by atoms with Gasteiger partial charge in [-0.3, -0.25) is 32.5 Å². The fraction of sp³-hybridized carbons (Fsp3) is 0.704. The van der Waals surface area contributed by atoms with Gasteiger partial charge in [-0.15, -0.1) is 0 Å². The van der Waals surface area contributed by atoms with Crippen LogP contribution < -0.4 is 41.5 Å². The summed E-state index contributed by atoms with van der Waals surface area (Å²) < 4.78 is 55.8. The number of nitrogen functional groups attached to an aromatic ring is 1. The number of hydrogen-bond donors (Lipinski definition) is 7. The van der Waals surface area contributed by atoms with Crippen LogP contribution in [0.25, 0.3) is 11.2 Å². The molecule has 2 aromatic heterocycles. The molecule has 3 aliphatic rings. The van der Waals surface area contributed by atoms with E-state index in [9.17, 15) is 48.2 Å². The van der Waals surface area contributed by atoms with Gasteiger partial charge in [-0.1, -0.05) is 6.92 Å². The van der Waals surface area contributed by atoms with Crippen LogP contribution in [0.3, 0.4) is 0 Å². The predicted octanol–water partition coefficient (Wildman–Crippen LogP) is -1.06. The highest BCUT2D eigenvalue weighted by molar-refractivity contribution is 8.00. The number of phosphoric ester groups is 1. The first-order chi connectivity index (χ1) is 24.9. The summed E-state index contributed by atoms with van der Waals surface area (Å²) in [7, 11) is -17.2. The molecule has 3 saturated heterocycles. The van der Waals surface area contributed by atoms with Crippen LogP contribution in [0.1, 0.15) is 51.7 Å². The molecule has 3 fully saturated rings. The number of anilines is 1. The summed E-state index contributed by atoms with van der Waals surface area (Å²) >= 11 is 1.74. The first-order valence-electron chi connectivity index (χ1n) is 16.7. The molecule has 26 heteroatoms. The van der Waals surface area contributed by atoms with E-state index in [0.717, 1.165) is 12.2 Å². The third kappa shape index (κ3) is 11.4. The number of aliphatic hydroxyl groups excluding tert-OH is 2. The van der Waals surface area contributed by atoms with Gasteiger partial charge in [0.15, 0.2) is 11.9 Å². The Hall–Kier alpha value is -2.20. The number of carbonyl (C=O) groups excluding carboxylic acids is 2. The molecule has 8 N–H and O–H groups in total. The number of ether oxygens (including phenoxy) is 1. The number of nitrogens with one attached hydrogen (secondary N) is 4. The second-order valence-electron chi connectivity index (χ2n) is 12.9. The maximum Gasteiger partial charge on any atom is 0.315 e. The number of thioether (sulfide) groups is 1. The van der Waals surface area contributed by atoms with E-state index in [4.69, 9.17) is 10.5 Å². The van der Waals surface area contributed by atoms with Crippen molar-refractivity contribution < 1.29 is 66.1 Å². The molecule has 5 unspecified atom stereocenters. The van der Waals surface area contributed by atoms with E-state index in [2.05, 4.69) is 39.1 Å². The van der Waals surface area contributed by atoms with E-state index >= 15 is 0 Å². The second kappa shape index (κ2) is 17.7. The molecule has 0 aromatic carbocycles. The van der Waals surface area contributed by atoms with E-state index in [-0.39, 0.29) is 65.0 Å². The first kappa shape index (κ1) is 42.0. The number of pyridine rings is 1. The summed E-state index contributed by atoms with van der Waals surface area (Å²) in [5.74, 6) is 0.878. The molecule has 0 bridgehead atoms. The number of imidazole rings is 1. The lowest BCUT2D eigenvalue weighted by Gasteiger charge is -2.35. The molecular formula is C27H42N8O14P3S-3. The number of nitrogens with two attached hydrogens (primary N) is 1. The second-order valence-corrected chi connectivity index (χ2v) is 18.9. The van der Waals surface area contributed by atoms with Crippen molar-refractivity contribution >= 4 is 63.9 Å². The lowest BCUT2D eigenvalue weighted by Crippen LogP contribution is -2.37. The SMILES string of the molecule is CC(CCCNC(=O)CC[C@@H]1SC[C@@H]2NC(=O)N[C@@H]21)CCCNP(=O)([O-])OP(=O)([O-])OP(=O)([O-])OC[C@H]1O[C@@H](n2cnc3c(N)ccnc32)C(O)[C@H]1O. The number of urea groups is 1. The van der Waals surface area contributed by atoms with Crippen molar-refractivity contribution in [2.75, 3.05) is 31.2 Å². The Morgan fingerprint density at radius 3 is 2.62 bits per heavy atom. The Bertz CT molecular complexity index is 1760. The molecule has 0 spiro atoms. The average molecular weight is 828 g/mol. The van der Waals surface area contributed by atoms with E-state index in [1.165, 1.54) is 23.2 Å². The highest BCUT2D eigenvalue weighted by Gasteiger charge is 2.45. The van der Waals surface area contributed by atoms with Crippen LogP contribution in [0.2, 0.25) is 0 Å². The van der Waals surface area contributed by atoms with Crippen LogP contribution in [0, 0.1) is 5.92 Å². The van der Waals surface area contributed by atoms with Gasteiger partial charge in [0.2, 0.25) is 13.7 Å². The summed E-state index contributed by atoms with van der Waals surface area (Å²) in [6.45, 7) is 1.14. The van der Waals surface area contributed by atoms with Gasteiger partial charge < -0.3 is 55.8 Å². The fourth-order valence-corrected chi connectivity index (χ4v) is 11.3. The number of carbonyl (C=O) groups is 2. The minimum absolute atomic E-state index is 0.0363. The summed E-state index contributed by atoms with van der Waals surface area (Å²) in [6.07, 6.45) is -0.316. The summed E-state index contributed by atoms with van der Waals surface area (Å²) in [6, 6.07) is 1.45. The maximum atomic E-state index is 12.3. The Morgan fingerprint density at radius 1 is 1.13 bits per heavy atom. The molecule has 3 aliphatic heterocycles. The minimum atomic E-state index is -6.05. The number of phosphoric acid groups is 2. The molecule has 11 atom stereocenters. The van der Waals surface area contributed by atoms with Crippen molar-refractivity contribution in [1.29, 1.82) is 0 Å². The van der Waals surface area contributed by atoms with Crippen LogP contribution in [0.4, 0.5) is 10.5 Å². The van der Waals surface area contributed by atoms with Crippen molar-refractivity contribution in [1.82, 2.24) is 35.6 Å². The minimum Gasteiger partial charge on any atom is -0.766 e. The summed E-state index contributed by atoms with van der Waals surface area (Å²) in [5.41, 5.74) is 6.60. The molecule has 2 aromatic rings. The molecule has 298 valence electrons. The van der Waals surface area contributed by atoms with Crippen molar-refractivity contribution in [3.05, 3.63) is 18.6 Å². The van der Waals surface area contributed by atoms with Crippen LogP contribution in [0.5, 0.6) is 0 Å². The van der Waals surface area contributed by atoms with Crippen LogP contribution in [0.15, 0.2) is 18.6 Å². The smallest absolute Gasteiger partial charge is 0.315 e. The van der Waals surface area contributed by atoms with Crippen molar-refractivity contribution in [3.8, 4) is 0 Å². The quantitative estimate of drug-likeness (QED) is 0.0475. The fourth-order valence-electron chi connectivity index (χ4n) is 6.22. The Balaban J connectivity index is 0.950. The van der Waals surface area contributed by atoms with Crippen LogP contribution >= 0.6 is 35.2 Å². The molecule has 3 amide bonds. The zero-order valence-corrected chi connectivity index (χ0v) is 31.9. The molecule has 0 radical (unpaired) electrons. The Kier molecular flexibility index (Phi) is 14.0. The van der Waals surface area contributed by atoms with Gasteiger partial charge in [-0.2, -0.15) is 11.8 Å². The van der Waals surface area contributed by atoms with Gasteiger partial charge in [0.05, 0.1) is 30.7 Å². The van der Waals surface area contributed by atoms with Crippen molar-refractivity contribution in [2.45, 2.75) is 87.3 Å². The zero-order chi connectivity index (χ0) is 38.6. The normalized spacial score (nSPS) is 29.5. The Morgan fingerprint density at radius 2 is 1.87 bits per heavy atom. The summed E-state index contributed by atoms with van der Waals surface area (Å²) in [5, 5.41) is 31.6. The first-order valence-corrected chi connectivity index (χ1v) is 22.2. The van der Waals surface area contributed by atoms with Crippen LogP contribution in [-0.4, -0.2) is 97.8 Å². The lowest BCUT2D eigenvalue weighted by molar-refractivity contribution is -0.246. The lowest BCUT2D eigenvalue weighted by atomic mass is 10.00. The third-order valence-electron chi connectivity index (χ3n) is 8.88. The summed E-state index contributed by atoms with van der Waals surface area (Å²) in [4.78, 5) is 68.6. The number of rotatable bonds is 20. The number of fused-ring (bicyclic) bond motifs is 2. The maximum absolute atomic E-state index is 12.3. The van der Waals surface area contributed by atoms with Gasteiger partial charge in [0, 0.05) is 36.7 Å². The van der Waals surface area contributed by atoms with E-state index in [1.807, 2.05) is 12.0 Å². The van der Waals surface area contributed by atoms with E-state index in [0.29, 0.717) is 32.2 Å². The van der Waals surface area contributed by atoms with Gasteiger partial charge in [-0.05, 0) is 44.1 Å². The molecule has 5 rings (SSSR count). The topological polar surface area (TPSA) is 337 Å². The highest BCUT2D eigenvalue weighted by atomic mass is 32.2. The highest BCUT2D eigenvalue weighted by Crippen LogP contribution is 2.61. The van der Waals surface area contributed by atoms with E-state index in [1.54, 1.807) is 11.8 Å². The molecule has 0 aliphatic carbocycles. The number of aliphatic hydroxyl groups is 2. The van der Waals surface area contributed by atoms with Gasteiger partial charge in [0.25, 0.3) is 15.6 Å². The number of nitrogens with zero attached hydrogens (tertiary/aromatic N) is 3. The Labute approximate surface area is 308 Å². The zero-order valence-electron chi connectivity index (χ0n) is 28.4. The van der Waals surface area contributed by atoms with Gasteiger partial charge >= 0.3 is 6.03 Å². The number of amides is 3. The predicted molar refractivity (Wildman–Crippen MR) is 182 cm³/mol. The molecule has 53 heavy (non-hydrogen) atoms. The third-order valence-corrected chi connectivity index (χ3v) is 14.7. The van der Waals surface area contributed by atoms with Gasteiger partial charge in [0.1, 0.15) is 23.8 Å². The van der Waals surface area contributed by atoms with Gasteiger partial charge in [-0.25, -0.2) is 19.1 Å². The molecule has 22 nitrogen and oxygen atoms in total. The largest absolute Gasteiger partial charge is 0.766 e. The van der Waals surface area contributed by atoms with Crippen LogP contribution in [-0.2, 0) is 36.4 Å². The molecular weight excluding hydrogens is 785 g/mol. The van der Waals surface area contributed by atoms with Crippen molar-refractivity contribution in [2.24, 2.45) is 5.92 Å².